The highest BCUT2D eigenvalue weighted by molar-refractivity contribution is 6.30. The summed E-state index contributed by atoms with van der Waals surface area (Å²) in [7, 11) is 0. The summed E-state index contributed by atoms with van der Waals surface area (Å²) in [5, 5.41) is 12.3. The van der Waals surface area contributed by atoms with E-state index >= 15 is 0 Å². The van der Waals surface area contributed by atoms with E-state index in [9.17, 15) is 13.6 Å². The Kier molecular flexibility index (Phi) is 6.70. The number of phenolic OH excluding ortho intramolecular Hbond substituents is 1. The van der Waals surface area contributed by atoms with Gasteiger partial charge in [-0.3, -0.25) is 4.79 Å². The summed E-state index contributed by atoms with van der Waals surface area (Å²) >= 11 is 5.84. The van der Waals surface area contributed by atoms with Gasteiger partial charge in [0, 0.05) is 23.0 Å². The Morgan fingerprint density at radius 1 is 1.21 bits per heavy atom. The Bertz CT molecular complexity index is 800. The molecule has 28 heavy (non-hydrogen) atoms. The zero-order valence-corrected chi connectivity index (χ0v) is 15.7. The highest BCUT2D eigenvalue weighted by Gasteiger charge is 2.23. The van der Waals surface area contributed by atoms with E-state index < -0.39 is 23.3 Å². The van der Waals surface area contributed by atoms with Crippen LogP contribution in [0.2, 0.25) is 5.02 Å². The maximum Gasteiger partial charge on any atom is 0.251 e. The van der Waals surface area contributed by atoms with Crippen molar-refractivity contribution in [1.82, 2.24) is 5.32 Å². The number of nitrogens with one attached hydrogen (secondary N) is 1. The SMILES string of the molecule is O=C(NCC1CCC(COc2ccc(Cl)cc2)CO1)c1cc(F)c(O)c(F)c1. The monoisotopic (exact) mass is 411 g/mol. The van der Waals surface area contributed by atoms with Crippen molar-refractivity contribution in [3.8, 4) is 11.5 Å². The number of carbonyl (C=O) groups excluding carboxylic acids is 1. The van der Waals surface area contributed by atoms with E-state index in [1.54, 1.807) is 24.3 Å². The van der Waals surface area contributed by atoms with Gasteiger partial charge in [-0.2, -0.15) is 0 Å². The van der Waals surface area contributed by atoms with Gasteiger partial charge in [0.15, 0.2) is 17.4 Å². The molecule has 5 nitrogen and oxygen atoms in total. The van der Waals surface area contributed by atoms with Crippen LogP contribution in [0.3, 0.4) is 0 Å². The molecule has 0 aromatic heterocycles. The van der Waals surface area contributed by atoms with Gasteiger partial charge in [0.25, 0.3) is 5.91 Å². The molecule has 1 amide bonds. The third kappa shape index (κ3) is 5.33. The first kappa shape index (κ1) is 20.4. The molecule has 1 heterocycles. The second kappa shape index (κ2) is 9.21. The summed E-state index contributed by atoms with van der Waals surface area (Å²) < 4.78 is 38.2. The molecule has 150 valence electrons. The Labute approximate surface area is 166 Å². The summed E-state index contributed by atoms with van der Waals surface area (Å²) in [5.74, 6) is -3.10. The highest BCUT2D eigenvalue weighted by atomic mass is 35.5. The minimum Gasteiger partial charge on any atom is -0.503 e. The lowest BCUT2D eigenvalue weighted by molar-refractivity contribution is -0.0251. The second-order valence-electron chi connectivity index (χ2n) is 6.66. The third-order valence-electron chi connectivity index (χ3n) is 4.53. The van der Waals surface area contributed by atoms with E-state index in [0.717, 1.165) is 30.7 Å². The van der Waals surface area contributed by atoms with Crippen LogP contribution < -0.4 is 10.1 Å². The van der Waals surface area contributed by atoms with E-state index in [0.29, 0.717) is 18.2 Å². The van der Waals surface area contributed by atoms with Crippen LogP contribution in [-0.4, -0.2) is 36.9 Å². The number of rotatable bonds is 6. The summed E-state index contributed by atoms with van der Waals surface area (Å²) in [6.07, 6.45) is 1.42. The molecule has 0 radical (unpaired) electrons. The molecule has 0 saturated carbocycles. The van der Waals surface area contributed by atoms with Crippen molar-refractivity contribution in [2.24, 2.45) is 5.92 Å². The normalized spacial score (nSPS) is 19.2. The summed E-state index contributed by atoms with van der Waals surface area (Å²) in [6, 6.07) is 8.72. The highest BCUT2D eigenvalue weighted by Crippen LogP contribution is 2.23. The summed E-state index contributed by atoms with van der Waals surface area (Å²) in [4.78, 5) is 12.0. The zero-order chi connectivity index (χ0) is 20.1. The van der Waals surface area contributed by atoms with Crippen LogP contribution >= 0.6 is 11.6 Å². The molecular formula is C20H20ClF2NO4. The molecule has 2 atom stereocenters. The fraction of sp³-hybridized carbons (Fsp3) is 0.350. The lowest BCUT2D eigenvalue weighted by Gasteiger charge is -2.29. The number of hydrogen-bond acceptors (Lipinski definition) is 4. The maximum atomic E-state index is 13.3. The first-order chi connectivity index (χ1) is 13.4. The Hall–Kier alpha value is -2.38. The van der Waals surface area contributed by atoms with Crippen molar-refractivity contribution < 1.29 is 28.2 Å². The number of amides is 1. The molecule has 8 heteroatoms. The fourth-order valence-electron chi connectivity index (χ4n) is 2.90. The average Bonchev–Trinajstić information content (AvgIpc) is 2.70. The molecule has 1 saturated heterocycles. The minimum absolute atomic E-state index is 0.178. The summed E-state index contributed by atoms with van der Waals surface area (Å²) in [5.41, 5.74) is -0.196. The number of ether oxygens (including phenoxy) is 2. The largest absolute Gasteiger partial charge is 0.503 e. The number of aromatic hydroxyl groups is 1. The predicted octanol–water partition coefficient (Wildman–Crippen LogP) is 3.93. The van der Waals surface area contributed by atoms with E-state index in [1.807, 2.05) is 0 Å². The fourth-order valence-corrected chi connectivity index (χ4v) is 3.03. The molecule has 1 aliphatic rings. The van der Waals surface area contributed by atoms with Crippen LogP contribution in [0.5, 0.6) is 11.5 Å². The van der Waals surface area contributed by atoms with E-state index in [-0.39, 0.29) is 24.1 Å². The van der Waals surface area contributed by atoms with E-state index in [1.165, 1.54) is 0 Å². The Morgan fingerprint density at radius 3 is 2.50 bits per heavy atom. The zero-order valence-electron chi connectivity index (χ0n) is 15.0. The minimum atomic E-state index is -1.18. The third-order valence-corrected chi connectivity index (χ3v) is 4.79. The number of phenols is 1. The van der Waals surface area contributed by atoms with Gasteiger partial charge in [0.05, 0.1) is 19.3 Å². The number of carbonyl (C=O) groups is 1. The smallest absolute Gasteiger partial charge is 0.251 e. The average molecular weight is 412 g/mol. The second-order valence-corrected chi connectivity index (χ2v) is 7.10. The molecule has 2 unspecified atom stereocenters. The van der Waals surface area contributed by atoms with Crippen molar-refractivity contribution in [3.05, 3.63) is 58.6 Å². The number of hydrogen-bond donors (Lipinski definition) is 2. The Balaban J connectivity index is 1.40. The number of benzene rings is 2. The summed E-state index contributed by atoms with van der Waals surface area (Å²) in [6.45, 7) is 1.25. The molecule has 1 fully saturated rings. The van der Waals surface area contributed by atoms with E-state index in [4.69, 9.17) is 26.2 Å². The van der Waals surface area contributed by atoms with Gasteiger partial charge in [-0.1, -0.05) is 11.6 Å². The topological polar surface area (TPSA) is 67.8 Å². The molecular weight excluding hydrogens is 392 g/mol. The molecule has 0 bridgehead atoms. The van der Waals surface area contributed by atoms with Crippen LogP contribution in [0.1, 0.15) is 23.2 Å². The standard InChI is InChI=1S/C20H20ClF2NO4/c21-14-2-5-15(6-3-14)27-10-12-1-4-16(28-11-12)9-24-20(26)13-7-17(22)19(25)18(23)8-13/h2-3,5-8,12,16,25H,1,4,9-11H2,(H,24,26). The van der Waals surface area contributed by atoms with Crippen LogP contribution in [0.4, 0.5) is 8.78 Å². The van der Waals surface area contributed by atoms with Gasteiger partial charge in [-0.25, -0.2) is 8.78 Å². The van der Waals surface area contributed by atoms with Crippen molar-refractivity contribution >= 4 is 17.5 Å². The van der Waals surface area contributed by atoms with Crippen LogP contribution in [0.15, 0.2) is 36.4 Å². The molecule has 0 aliphatic carbocycles. The first-order valence-corrected chi connectivity index (χ1v) is 9.26. The molecule has 3 rings (SSSR count). The van der Waals surface area contributed by atoms with Gasteiger partial charge in [0.2, 0.25) is 0 Å². The lowest BCUT2D eigenvalue weighted by atomic mass is 9.99. The lowest BCUT2D eigenvalue weighted by Crippen LogP contribution is -2.38. The van der Waals surface area contributed by atoms with E-state index in [2.05, 4.69) is 5.32 Å². The molecule has 1 aliphatic heterocycles. The van der Waals surface area contributed by atoms with Gasteiger partial charge in [-0.15, -0.1) is 0 Å². The van der Waals surface area contributed by atoms with Gasteiger partial charge in [-0.05, 0) is 49.2 Å². The molecule has 2 aromatic rings. The van der Waals surface area contributed by atoms with Crippen molar-refractivity contribution in [2.45, 2.75) is 18.9 Å². The van der Waals surface area contributed by atoms with Crippen molar-refractivity contribution in [2.75, 3.05) is 19.8 Å². The van der Waals surface area contributed by atoms with Gasteiger partial charge >= 0.3 is 0 Å². The molecule has 2 N–H and O–H groups in total. The van der Waals surface area contributed by atoms with Crippen LogP contribution in [0, 0.1) is 17.6 Å². The maximum absolute atomic E-state index is 13.3. The van der Waals surface area contributed by atoms with Crippen LogP contribution in [0.25, 0.3) is 0 Å². The van der Waals surface area contributed by atoms with Crippen LogP contribution in [-0.2, 0) is 4.74 Å². The molecule has 0 spiro atoms. The van der Waals surface area contributed by atoms with Gasteiger partial charge in [0.1, 0.15) is 5.75 Å². The number of halogens is 3. The first-order valence-electron chi connectivity index (χ1n) is 8.88. The van der Waals surface area contributed by atoms with Crippen molar-refractivity contribution in [3.63, 3.8) is 0 Å². The van der Waals surface area contributed by atoms with Crippen molar-refractivity contribution in [1.29, 1.82) is 0 Å². The predicted molar refractivity (Wildman–Crippen MR) is 99.8 cm³/mol. The quantitative estimate of drug-likeness (QED) is 0.755. The van der Waals surface area contributed by atoms with Gasteiger partial charge < -0.3 is 19.9 Å². The molecule has 2 aromatic carbocycles. The Morgan fingerprint density at radius 2 is 1.89 bits per heavy atom.